The maximum absolute atomic E-state index is 12.6. The lowest BCUT2D eigenvalue weighted by molar-refractivity contribution is 0.312. The molecule has 1 aromatic carbocycles. The van der Waals surface area contributed by atoms with Crippen molar-refractivity contribution in [2.24, 2.45) is 0 Å². The number of aromatic nitrogens is 2. The molecular weight excluding hydrogens is 314 g/mol. The largest absolute Gasteiger partial charge is 0.353 e. The van der Waals surface area contributed by atoms with Gasteiger partial charge < -0.3 is 9.80 Å². The third kappa shape index (κ3) is 3.07. The molecule has 1 aliphatic rings. The highest BCUT2D eigenvalue weighted by Crippen LogP contribution is 2.17. The first-order valence-electron chi connectivity index (χ1n) is 7.31. The maximum atomic E-state index is 12.6. The van der Waals surface area contributed by atoms with Crippen molar-refractivity contribution in [2.45, 2.75) is 0 Å². The van der Waals surface area contributed by atoms with E-state index in [1.54, 1.807) is 24.3 Å². The highest BCUT2D eigenvalue weighted by Gasteiger charge is 2.21. The molecule has 0 bridgehead atoms. The molecule has 1 saturated heterocycles. The second-order valence-corrected chi connectivity index (χ2v) is 5.93. The van der Waals surface area contributed by atoms with Crippen molar-refractivity contribution in [2.75, 3.05) is 38.1 Å². The van der Waals surface area contributed by atoms with Crippen LogP contribution in [0.3, 0.4) is 0 Å². The molecule has 0 N–H and O–H groups in total. The first-order valence-corrected chi connectivity index (χ1v) is 7.69. The number of anilines is 1. The van der Waals surface area contributed by atoms with Gasteiger partial charge in [0, 0.05) is 31.2 Å². The molecule has 118 valence electrons. The Morgan fingerprint density at radius 2 is 1.83 bits per heavy atom. The van der Waals surface area contributed by atoms with Crippen LogP contribution < -0.4 is 10.5 Å². The molecular formula is C16H16ClN5O. The van der Waals surface area contributed by atoms with Crippen LogP contribution in [0.5, 0.6) is 0 Å². The van der Waals surface area contributed by atoms with E-state index in [4.69, 9.17) is 11.6 Å². The minimum atomic E-state index is -0.362. The van der Waals surface area contributed by atoms with Gasteiger partial charge in [-0.15, -0.1) is 0 Å². The van der Waals surface area contributed by atoms with Crippen LogP contribution in [-0.2, 0) is 0 Å². The zero-order valence-corrected chi connectivity index (χ0v) is 13.5. The van der Waals surface area contributed by atoms with Crippen molar-refractivity contribution in [1.82, 2.24) is 14.5 Å². The Kier molecular flexibility index (Phi) is 4.33. The Hall–Kier alpha value is -2.36. The van der Waals surface area contributed by atoms with Crippen LogP contribution in [0.2, 0.25) is 5.02 Å². The number of benzene rings is 1. The van der Waals surface area contributed by atoms with E-state index in [2.05, 4.69) is 16.9 Å². The number of halogens is 1. The fraction of sp³-hybridized carbons (Fsp3) is 0.312. The van der Waals surface area contributed by atoms with E-state index < -0.39 is 0 Å². The molecule has 3 rings (SSSR count). The molecule has 7 heteroatoms. The van der Waals surface area contributed by atoms with Gasteiger partial charge in [0.25, 0.3) is 5.56 Å². The molecule has 0 atom stereocenters. The SMILES string of the molecule is CN1CCN(c2ncn(-c3ccc(Cl)cc3)c(=O)c2C#N)CC1. The molecule has 1 aliphatic heterocycles. The number of piperazine rings is 1. The third-order valence-corrected chi connectivity index (χ3v) is 4.22. The van der Waals surface area contributed by atoms with Gasteiger partial charge in [0.15, 0.2) is 11.4 Å². The summed E-state index contributed by atoms with van der Waals surface area (Å²) in [6.45, 7) is 3.27. The van der Waals surface area contributed by atoms with Crippen LogP contribution in [0, 0.1) is 11.3 Å². The predicted octanol–water partition coefficient (Wildman–Crippen LogP) is 1.51. The highest BCUT2D eigenvalue weighted by molar-refractivity contribution is 6.30. The lowest BCUT2D eigenvalue weighted by Crippen LogP contribution is -2.45. The molecule has 0 aliphatic carbocycles. The number of nitrogens with zero attached hydrogens (tertiary/aromatic N) is 5. The Morgan fingerprint density at radius 1 is 1.17 bits per heavy atom. The van der Waals surface area contributed by atoms with E-state index in [9.17, 15) is 10.1 Å². The summed E-state index contributed by atoms with van der Waals surface area (Å²) in [6, 6.07) is 8.86. The molecule has 6 nitrogen and oxygen atoms in total. The number of hydrogen-bond donors (Lipinski definition) is 0. The van der Waals surface area contributed by atoms with E-state index in [1.807, 2.05) is 11.0 Å². The standard InChI is InChI=1S/C16H16ClN5O/c1-20-6-8-21(9-7-20)15-14(10-18)16(23)22(11-19-15)13-4-2-12(17)3-5-13/h2-5,11H,6-9H2,1H3. The minimum absolute atomic E-state index is 0.0759. The summed E-state index contributed by atoms with van der Waals surface area (Å²) >= 11 is 5.87. The molecule has 2 aromatic rings. The van der Waals surface area contributed by atoms with Crippen LogP contribution in [-0.4, -0.2) is 47.7 Å². The zero-order valence-electron chi connectivity index (χ0n) is 12.7. The molecule has 1 aromatic heterocycles. The number of nitriles is 1. The summed E-state index contributed by atoms with van der Waals surface area (Å²) in [7, 11) is 2.05. The molecule has 23 heavy (non-hydrogen) atoms. The minimum Gasteiger partial charge on any atom is -0.353 e. The van der Waals surface area contributed by atoms with Crippen LogP contribution >= 0.6 is 11.6 Å². The summed E-state index contributed by atoms with van der Waals surface area (Å²) in [5, 5.41) is 10.0. The zero-order chi connectivity index (χ0) is 16.4. The average Bonchev–Trinajstić information content (AvgIpc) is 2.56. The highest BCUT2D eigenvalue weighted by atomic mass is 35.5. The van der Waals surface area contributed by atoms with E-state index in [0.717, 1.165) is 26.2 Å². The summed E-state index contributed by atoms with van der Waals surface area (Å²) in [5.41, 5.74) is 0.346. The Labute approximate surface area is 139 Å². The summed E-state index contributed by atoms with van der Waals surface area (Å²) in [6.07, 6.45) is 1.47. The van der Waals surface area contributed by atoms with E-state index in [1.165, 1.54) is 10.9 Å². The number of hydrogen-bond acceptors (Lipinski definition) is 5. The van der Waals surface area contributed by atoms with Gasteiger partial charge in [-0.3, -0.25) is 9.36 Å². The first-order chi connectivity index (χ1) is 11.1. The Balaban J connectivity index is 2.02. The lowest BCUT2D eigenvalue weighted by Gasteiger charge is -2.33. The predicted molar refractivity (Wildman–Crippen MR) is 89.3 cm³/mol. The third-order valence-electron chi connectivity index (χ3n) is 3.97. The van der Waals surface area contributed by atoms with Crippen LogP contribution in [0.4, 0.5) is 5.82 Å². The van der Waals surface area contributed by atoms with Crippen LogP contribution in [0.25, 0.3) is 5.69 Å². The Morgan fingerprint density at radius 3 is 2.43 bits per heavy atom. The number of likely N-dealkylation sites (N-methyl/N-ethyl adjacent to an activating group) is 1. The second kappa shape index (κ2) is 6.41. The lowest BCUT2D eigenvalue weighted by atomic mass is 10.2. The van der Waals surface area contributed by atoms with Crippen LogP contribution in [0.15, 0.2) is 35.4 Å². The first kappa shape index (κ1) is 15.5. The topological polar surface area (TPSA) is 65.2 Å². The van der Waals surface area contributed by atoms with Crippen LogP contribution in [0.1, 0.15) is 5.56 Å². The Bertz CT molecular complexity index is 801. The van der Waals surface area contributed by atoms with Gasteiger partial charge in [-0.05, 0) is 31.3 Å². The summed E-state index contributed by atoms with van der Waals surface area (Å²) in [4.78, 5) is 21.2. The van der Waals surface area contributed by atoms with Gasteiger partial charge in [-0.1, -0.05) is 11.6 Å². The molecule has 0 unspecified atom stereocenters. The van der Waals surface area contributed by atoms with Crippen molar-refractivity contribution >= 4 is 17.4 Å². The van der Waals surface area contributed by atoms with Gasteiger partial charge in [0.05, 0.1) is 5.69 Å². The van der Waals surface area contributed by atoms with Gasteiger partial charge in [-0.25, -0.2) is 4.98 Å². The normalized spacial score (nSPS) is 15.4. The molecule has 1 fully saturated rings. The van der Waals surface area contributed by atoms with Gasteiger partial charge in [-0.2, -0.15) is 5.26 Å². The maximum Gasteiger partial charge on any atom is 0.278 e. The van der Waals surface area contributed by atoms with E-state index in [0.29, 0.717) is 16.5 Å². The molecule has 0 spiro atoms. The summed E-state index contributed by atoms with van der Waals surface area (Å²) < 4.78 is 1.37. The smallest absolute Gasteiger partial charge is 0.278 e. The van der Waals surface area contributed by atoms with Crippen molar-refractivity contribution in [3.63, 3.8) is 0 Å². The van der Waals surface area contributed by atoms with Crippen molar-refractivity contribution in [3.05, 3.63) is 51.5 Å². The molecule has 0 radical (unpaired) electrons. The summed E-state index contributed by atoms with van der Waals surface area (Å²) in [5.74, 6) is 0.468. The average molecular weight is 330 g/mol. The molecule has 2 heterocycles. The van der Waals surface area contributed by atoms with E-state index >= 15 is 0 Å². The van der Waals surface area contributed by atoms with E-state index in [-0.39, 0.29) is 11.1 Å². The molecule has 0 amide bonds. The van der Waals surface area contributed by atoms with Crippen molar-refractivity contribution < 1.29 is 0 Å². The van der Waals surface area contributed by atoms with Crippen molar-refractivity contribution in [1.29, 1.82) is 5.26 Å². The monoisotopic (exact) mass is 329 g/mol. The fourth-order valence-electron chi connectivity index (χ4n) is 2.59. The number of rotatable bonds is 2. The van der Waals surface area contributed by atoms with Gasteiger partial charge >= 0.3 is 0 Å². The fourth-order valence-corrected chi connectivity index (χ4v) is 2.71. The molecule has 0 saturated carbocycles. The van der Waals surface area contributed by atoms with Gasteiger partial charge in [0.1, 0.15) is 12.4 Å². The quantitative estimate of drug-likeness (QED) is 0.835. The van der Waals surface area contributed by atoms with Crippen molar-refractivity contribution in [3.8, 4) is 11.8 Å². The second-order valence-electron chi connectivity index (χ2n) is 5.50. The van der Waals surface area contributed by atoms with Gasteiger partial charge in [0.2, 0.25) is 0 Å².